The molecule has 8 atom stereocenters. The topological polar surface area (TPSA) is 25.4 Å². The van der Waals surface area contributed by atoms with Crippen LogP contribution in [0.1, 0.15) is 82.6 Å². The summed E-state index contributed by atoms with van der Waals surface area (Å²) in [5.74, 6) is 2.98. The molecular weight excluding hydrogens is 404 g/mol. The Balaban J connectivity index is 1.23. The molecule has 2 aromatic rings. The van der Waals surface area contributed by atoms with Gasteiger partial charge in [0.25, 0.3) is 0 Å². The molecule has 0 radical (unpaired) electrons. The Morgan fingerprint density at radius 2 is 1.85 bits per heavy atom. The van der Waals surface area contributed by atoms with E-state index in [4.69, 9.17) is 4.74 Å². The molecule has 3 heterocycles. The lowest BCUT2D eigenvalue weighted by molar-refractivity contribution is -0.260. The number of ether oxygens (including phenoxy) is 1. The van der Waals surface area contributed by atoms with E-state index in [2.05, 4.69) is 55.2 Å². The van der Waals surface area contributed by atoms with Crippen LogP contribution in [0.4, 0.5) is 0 Å². The minimum Gasteiger partial charge on any atom is -0.368 e. The van der Waals surface area contributed by atoms with Gasteiger partial charge in [-0.05, 0) is 130 Å². The molecule has 2 aliphatic heterocycles. The summed E-state index contributed by atoms with van der Waals surface area (Å²) in [4.78, 5) is 6.86. The van der Waals surface area contributed by atoms with Crippen LogP contribution in [-0.4, -0.2) is 41.2 Å². The molecule has 33 heavy (non-hydrogen) atoms. The second-order valence-electron chi connectivity index (χ2n) is 12.9. The second-order valence-corrected chi connectivity index (χ2v) is 12.9. The average molecular weight is 445 g/mol. The molecule has 1 aromatic carbocycles. The van der Waals surface area contributed by atoms with Gasteiger partial charge in [-0.3, -0.25) is 4.98 Å². The third-order valence-electron chi connectivity index (χ3n) is 11.5. The van der Waals surface area contributed by atoms with E-state index in [0.29, 0.717) is 17.4 Å². The highest BCUT2D eigenvalue weighted by molar-refractivity contribution is 5.82. The highest BCUT2D eigenvalue weighted by Crippen LogP contribution is 2.72. The van der Waals surface area contributed by atoms with Crippen LogP contribution in [-0.2, 0) is 4.74 Å². The van der Waals surface area contributed by atoms with Crippen molar-refractivity contribution in [2.45, 2.75) is 94.3 Å². The van der Waals surface area contributed by atoms with E-state index in [0.717, 1.165) is 17.8 Å². The Kier molecular flexibility index (Phi) is 4.46. The molecule has 7 rings (SSSR count). The summed E-state index contributed by atoms with van der Waals surface area (Å²) in [6.45, 7) is 2.64. The Morgan fingerprint density at radius 3 is 2.73 bits per heavy atom. The molecule has 1 aromatic heterocycles. The summed E-state index contributed by atoms with van der Waals surface area (Å²) >= 11 is 0. The maximum atomic E-state index is 7.56. The molecule has 0 N–H and O–H groups in total. The van der Waals surface area contributed by atoms with E-state index in [-0.39, 0.29) is 11.2 Å². The van der Waals surface area contributed by atoms with Crippen LogP contribution in [0.15, 0.2) is 36.7 Å². The molecule has 2 bridgehead atoms. The fraction of sp³-hybridized carbons (Fsp3) is 0.700. The van der Waals surface area contributed by atoms with Gasteiger partial charge in [0.2, 0.25) is 0 Å². The largest absolute Gasteiger partial charge is 0.368 e. The van der Waals surface area contributed by atoms with Crippen LogP contribution < -0.4 is 0 Å². The Hall–Kier alpha value is -1.45. The molecule has 4 unspecified atom stereocenters. The summed E-state index contributed by atoms with van der Waals surface area (Å²) in [7, 11) is 4.55. The fourth-order valence-corrected chi connectivity index (χ4v) is 9.88. The van der Waals surface area contributed by atoms with Gasteiger partial charge in [0.1, 0.15) is 0 Å². The van der Waals surface area contributed by atoms with Gasteiger partial charge in [0, 0.05) is 23.8 Å². The molecule has 3 heteroatoms. The molecule has 2 spiro atoms. The van der Waals surface area contributed by atoms with Crippen molar-refractivity contribution in [3.8, 4) is 0 Å². The van der Waals surface area contributed by atoms with Gasteiger partial charge in [-0.25, -0.2) is 0 Å². The van der Waals surface area contributed by atoms with Gasteiger partial charge in [-0.1, -0.05) is 19.1 Å². The maximum absolute atomic E-state index is 7.56. The van der Waals surface area contributed by atoms with Gasteiger partial charge >= 0.3 is 0 Å². The van der Waals surface area contributed by atoms with Gasteiger partial charge < -0.3 is 9.64 Å². The fourth-order valence-electron chi connectivity index (χ4n) is 9.88. The molecule has 5 fully saturated rings. The lowest BCUT2D eigenvalue weighted by Crippen LogP contribution is -2.62. The molecule has 3 aliphatic carbocycles. The lowest BCUT2D eigenvalue weighted by atomic mass is 9.53. The first kappa shape index (κ1) is 20.9. The van der Waals surface area contributed by atoms with Crippen molar-refractivity contribution in [1.29, 1.82) is 0 Å². The molecule has 5 aliphatic rings. The number of hydrogen-bond donors (Lipinski definition) is 0. The first-order chi connectivity index (χ1) is 15.9. The Morgan fingerprint density at radius 1 is 0.939 bits per heavy atom. The SMILES string of the molecule is CN(C)C1CCC2CC3CC[C@@]4(C)C(c5ccc6ccncc6c5)CC[C@H]4[C@@]34CC[C@]2(C1)O4. The van der Waals surface area contributed by atoms with Crippen molar-refractivity contribution < 1.29 is 4.74 Å². The smallest absolute Gasteiger partial charge is 0.0752 e. The van der Waals surface area contributed by atoms with Crippen LogP contribution in [0, 0.1) is 23.2 Å². The van der Waals surface area contributed by atoms with Crippen molar-refractivity contribution in [1.82, 2.24) is 9.88 Å². The standard InChI is InChI=1S/C30H40N2O/c1-28-12-10-24-17-23-6-7-25(32(2)3)18-29(23)13-14-30(24,33-29)27(28)9-8-26(28)21-5-4-20-11-15-31-19-22(20)16-21/h4-5,11,15-16,19,23-27H,6-10,12-14,17-18H2,1-3H3/t23?,24?,25?,26?,27-,28+,29-,30-/m1/s1. The summed E-state index contributed by atoms with van der Waals surface area (Å²) < 4.78 is 7.56. The monoisotopic (exact) mass is 444 g/mol. The lowest BCUT2D eigenvalue weighted by Gasteiger charge is -2.61. The minimum absolute atomic E-state index is 0.158. The van der Waals surface area contributed by atoms with Crippen LogP contribution in [0.2, 0.25) is 0 Å². The van der Waals surface area contributed by atoms with E-state index >= 15 is 0 Å². The normalized spacial score (nSPS) is 46.2. The third kappa shape index (κ3) is 2.79. The minimum atomic E-state index is 0.158. The van der Waals surface area contributed by atoms with Crippen molar-refractivity contribution >= 4 is 10.8 Å². The zero-order valence-corrected chi connectivity index (χ0v) is 20.7. The zero-order valence-electron chi connectivity index (χ0n) is 20.7. The van der Waals surface area contributed by atoms with E-state index < -0.39 is 0 Å². The predicted octanol–water partition coefficient (Wildman–Crippen LogP) is 6.57. The van der Waals surface area contributed by atoms with Crippen LogP contribution in [0.3, 0.4) is 0 Å². The predicted molar refractivity (Wildman–Crippen MR) is 133 cm³/mol. The quantitative estimate of drug-likeness (QED) is 0.524. The van der Waals surface area contributed by atoms with Crippen LogP contribution in [0.5, 0.6) is 0 Å². The van der Waals surface area contributed by atoms with Crippen molar-refractivity contribution in [2.24, 2.45) is 23.2 Å². The highest BCUT2D eigenvalue weighted by atomic mass is 16.5. The van der Waals surface area contributed by atoms with Crippen molar-refractivity contribution in [2.75, 3.05) is 14.1 Å². The van der Waals surface area contributed by atoms with Crippen LogP contribution >= 0.6 is 0 Å². The summed E-state index contributed by atoms with van der Waals surface area (Å²) in [5.41, 5.74) is 2.24. The first-order valence-corrected chi connectivity index (χ1v) is 13.6. The number of rotatable bonds is 2. The molecular formula is C30H40N2O. The van der Waals surface area contributed by atoms with Crippen LogP contribution in [0.25, 0.3) is 10.8 Å². The maximum Gasteiger partial charge on any atom is 0.0752 e. The Labute approximate surface area is 199 Å². The molecule has 3 saturated carbocycles. The number of hydrogen-bond acceptors (Lipinski definition) is 3. The molecule has 0 amide bonds. The van der Waals surface area contributed by atoms with Gasteiger partial charge in [-0.15, -0.1) is 0 Å². The number of pyridine rings is 1. The molecule has 3 nitrogen and oxygen atoms in total. The molecule has 176 valence electrons. The van der Waals surface area contributed by atoms with Crippen molar-refractivity contribution in [3.05, 3.63) is 42.2 Å². The third-order valence-corrected chi connectivity index (χ3v) is 11.5. The van der Waals surface area contributed by atoms with Gasteiger partial charge in [0.05, 0.1) is 11.2 Å². The summed E-state index contributed by atoms with van der Waals surface area (Å²) in [6.07, 6.45) is 17.5. The second kappa shape index (κ2) is 7.04. The number of benzene rings is 1. The van der Waals surface area contributed by atoms with E-state index in [1.807, 2.05) is 12.4 Å². The van der Waals surface area contributed by atoms with Crippen molar-refractivity contribution in [3.63, 3.8) is 0 Å². The Bertz CT molecular complexity index is 1080. The average Bonchev–Trinajstić information content (AvgIpc) is 3.33. The van der Waals surface area contributed by atoms with E-state index in [1.54, 1.807) is 5.56 Å². The number of aromatic nitrogens is 1. The summed E-state index contributed by atoms with van der Waals surface area (Å²) in [6, 6.07) is 10.0. The first-order valence-electron chi connectivity index (χ1n) is 13.6. The molecule has 2 saturated heterocycles. The number of fused-ring (bicyclic) bond motifs is 2. The summed E-state index contributed by atoms with van der Waals surface area (Å²) in [5, 5.41) is 2.60. The van der Waals surface area contributed by atoms with Gasteiger partial charge in [-0.2, -0.15) is 0 Å². The van der Waals surface area contributed by atoms with Gasteiger partial charge in [0.15, 0.2) is 0 Å². The van der Waals surface area contributed by atoms with E-state index in [1.165, 1.54) is 75.0 Å². The zero-order chi connectivity index (χ0) is 22.4. The highest BCUT2D eigenvalue weighted by Gasteiger charge is 2.70. The van der Waals surface area contributed by atoms with E-state index in [9.17, 15) is 0 Å². The number of nitrogens with zero attached hydrogens (tertiary/aromatic N) is 2.